The number of rotatable bonds is 7. The number of hydrogen-bond acceptors (Lipinski definition) is 6. The van der Waals surface area contributed by atoms with E-state index < -0.39 is 22.1 Å². The summed E-state index contributed by atoms with van der Waals surface area (Å²) in [5.41, 5.74) is 4.05. The lowest BCUT2D eigenvalue weighted by molar-refractivity contribution is -0.146. The summed E-state index contributed by atoms with van der Waals surface area (Å²) >= 11 is 0. The van der Waals surface area contributed by atoms with E-state index in [-0.39, 0.29) is 29.5 Å². The van der Waals surface area contributed by atoms with Crippen LogP contribution in [0.25, 0.3) is 0 Å². The van der Waals surface area contributed by atoms with Gasteiger partial charge in [0.15, 0.2) is 6.10 Å². The van der Waals surface area contributed by atoms with Crippen LogP contribution >= 0.6 is 0 Å². The summed E-state index contributed by atoms with van der Waals surface area (Å²) in [5.74, 6) is -0.446. The van der Waals surface area contributed by atoms with E-state index in [0.29, 0.717) is 17.5 Å². The molecule has 0 bridgehead atoms. The van der Waals surface area contributed by atoms with Gasteiger partial charge < -0.3 is 4.74 Å². The minimum atomic E-state index is -3.58. The van der Waals surface area contributed by atoms with Crippen molar-refractivity contribution in [2.75, 3.05) is 6.54 Å². The number of carbonyl (C=O) groups excluding carboxylic acids is 2. The Morgan fingerprint density at radius 3 is 2.48 bits per heavy atom. The third-order valence-electron chi connectivity index (χ3n) is 5.26. The van der Waals surface area contributed by atoms with E-state index in [1.807, 2.05) is 32.9 Å². The molecule has 0 saturated heterocycles. The number of nitrogens with one attached hydrogen (secondary N) is 1. The molecule has 3 rings (SSSR count). The predicted octanol–water partition coefficient (Wildman–Crippen LogP) is 3.25. The molecule has 0 amide bonds. The second-order valence-electron chi connectivity index (χ2n) is 7.68. The average molecular weight is 443 g/mol. The monoisotopic (exact) mass is 442 g/mol. The number of esters is 1. The maximum Gasteiger partial charge on any atom is 0.306 e. The van der Waals surface area contributed by atoms with Gasteiger partial charge in [-0.15, -0.1) is 0 Å². The number of amidine groups is 1. The number of ketones is 1. The quantitative estimate of drug-likeness (QED) is 0.403. The van der Waals surface area contributed by atoms with Gasteiger partial charge in [-0.1, -0.05) is 18.2 Å². The molecule has 1 aliphatic rings. The van der Waals surface area contributed by atoms with Crippen LogP contribution in [0, 0.1) is 20.8 Å². The zero-order valence-electron chi connectivity index (χ0n) is 18.1. The van der Waals surface area contributed by atoms with Crippen molar-refractivity contribution < 1.29 is 22.7 Å². The van der Waals surface area contributed by atoms with Gasteiger partial charge in [0.2, 0.25) is 5.78 Å². The fourth-order valence-corrected chi connectivity index (χ4v) is 4.67. The van der Waals surface area contributed by atoms with Crippen molar-refractivity contribution in [1.82, 2.24) is 4.72 Å². The second-order valence-corrected chi connectivity index (χ2v) is 9.33. The number of nitrogens with zero attached hydrogens (tertiary/aromatic N) is 1. The Hall–Kier alpha value is -3.00. The molecule has 0 spiro atoms. The molecule has 1 heterocycles. The molecule has 1 aliphatic heterocycles. The summed E-state index contributed by atoms with van der Waals surface area (Å²) in [7, 11) is -3.58. The first kappa shape index (κ1) is 22.7. The lowest BCUT2D eigenvalue weighted by Gasteiger charge is -2.15. The highest BCUT2D eigenvalue weighted by Gasteiger charge is 2.30. The number of benzene rings is 2. The van der Waals surface area contributed by atoms with Crippen LogP contribution in [-0.2, 0) is 19.6 Å². The molecular weight excluding hydrogens is 416 g/mol. The van der Waals surface area contributed by atoms with Crippen LogP contribution in [0.2, 0.25) is 0 Å². The van der Waals surface area contributed by atoms with Gasteiger partial charge >= 0.3 is 5.97 Å². The van der Waals surface area contributed by atoms with E-state index in [1.54, 1.807) is 25.1 Å². The van der Waals surface area contributed by atoms with Crippen molar-refractivity contribution in [3.63, 3.8) is 0 Å². The first-order valence-corrected chi connectivity index (χ1v) is 11.6. The molecule has 1 N–H and O–H groups in total. The summed E-state index contributed by atoms with van der Waals surface area (Å²) in [4.78, 5) is 29.3. The van der Waals surface area contributed by atoms with Crippen LogP contribution in [-0.4, -0.2) is 38.7 Å². The van der Waals surface area contributed by atoms with Gasteiger partial charge in [0.05, 0.1) is 4.90 Å². The lowest BCUT2D eigenvalue weighted by atomic mass is 9.96. The van der Waals surface area contributed by atoms with Crippen molar-refractivity contribution in [2.24, 2.45) is 4.99 Å². The molecule has 0 saturated carbocycles. The van der Waals surface area contributed by atoms with Gasteiger partial charge in [-0.05, 0) is 69.0 Å². The number of aliphatic imine (C=N–C) groups is 1. The molecule has 0 radical (unpaired) electrons. The molecule has 1 unspecified atom stereocenters. The molecule has 7 nitrogen and oxygen atoms in total. The van der Waals surface area contributed by atoms with Crippen molar-refractivity contribution in [3.05, 3.63) is 64.2 Å². The zero-order valence-corrected chi connectivity index (χ0v) is 18.9. The van der Waals surface area contributed by atoms with E-state index in [1.165, 1.54) is 6.07 Å². The summed E-state index contributed by atoms with van der Waals surface area (Å²) in [5, 5.41) is 0. The zero-order chi connectivity index (χ0) is 22.8. The molecule has 0 aromatic heterocycles. The number of ether oxygens (including phenoxy) is 1. The number of Topliss-reactive ketones (excluding diaryl/α,β-unsaturated/α-hetero) is 1. The molecule has 8 heteroatoms. The maximum absolute atomic E-state index is 12.7. The molecule has 164 valence electrons. The predicted molar refractivity (Wildman–Crippen MR) is 118 cm³/mol. The highest BCUT2D eigenvalue weighted by atomic mass is 32.2. The smallest absolute Gasteiger partial charge is 0.306 e. The van der Waals surface area contributed by atoms with Crippen molar-refractivity contribution >= 4 is 27.6 Å². The van der Waals surface area contributed by atoms with Gasteiger partial charge in [0.1, 0.15) is 5.84 Å². The topological polar surface area (TPSA) is 102 Å². The van der Waals surface area contributed by atoms with E-state index in [4.69, 9.17) is 4.74 Å². The van der Waals surface area contributed by atoms with Crippen LogP contribution in [0.3, 0.4) is 0 Å². The molecule has 2 aromatic carbocycles. The minimum absolute atomic E-state index is 0.0781. The maximum atomic E-state index is 12.7. The largest absolute Gasteiger partial charge is 0.454 e. The van der Waals surface area contributed by atoms with Crippen LogP contribution < -0.4 is 4.72 Å². The van der Waals surface area contributed by atoms with Crippen molar-refractivity contribution in [2.45, 2.75) is 51.5 Å². The number of fused-ring (bicyclic) bond motifs is 1. The van der Waals surface area contributed by atoms with Gasteiger partial charge in [-0.2, -0.15) is 0 Å². The molecular formula is C23H26N2O5S. The lowest BCUT2D eigenvalue weighted by Crippen LogP contribution is -2.25. The van der Waals surface area contributed by atoms with Gasteiger partial charge in [0, 0.05) is 24.1 Å². The van der Waals surface area contributed by atoms with Gasteiger partial charge in [-0.25, -0.2) is 8.42 Å². The van der Waals surface area contributed by atoms with Gasteiger partial charge in [-0.3, -0.25) is 19.3 Å². The third kappa shape index (κ3) is 5.02. The Morgan fingerprint density at radius 2 is 1.74 bits per heavy atom. The Labute approximate surface area is 182 Å². The molecule has 1 atom stereocenters. The molecule has 31 heavy (non-hydrogen) atoms. The average Bonchev–Trinajstić information content (AvgIpc) is 2.98. The summed E-state index contributed by atoms with van der Waals surface area (Å²) in [6.45, 7) is 7.60. The van der Waals surface area contributed by atoms with Crippen molar-refractivity contribution in [1.29, 1.82) is 0 Å². The van der Waals surface area contributed by atoms with Crippen LogP contribution in [0.1, 0.15) is 52.4 Å². The Kier molecular flexibility index (Phi) is 6.59. The molecule has 2 aromatic rings. The Balaban J connectivity index is 1.54. The molecule has 0 fully saturated rings. The molecule has 0 aliphatic carbocycles. The number of sulfonamides is 1. The van der Waals surface area contributed by atoms with Crippen LogP contribution in [0.4, 0.5) is 0 Å². The number of hydrogen-bond donors (Lipinski definition) is 1. The first-order chi connectivity index (χ1) is 14.6. The van der Waals surface area contributed by atoms with E-state index >= 15 is 0 Å². The Bertz CT molecular complexity index is 1170. The number of aryl methyl sites for hydroxylation is 3. The highest BCUT2D eigenvalue weighted by molar-refractivity contribution is 7.90. The van der Waals surface area contributed by atoms with Crippen LogP contribution in [0.5, 0.6) is 0 Å². The Morgan fingerprint density at radius 1 is 1.06 bits per heavy atom. The van der Waals surface area contributed by atoms with Crippen molar-refractivity contribution in [3.8, 4) is 0 Å². The standard InChI is InChI=1S/C23H26N2O5S/c1-14-12-16(3)19(13-15(14)2)22(27)17(4)30-21(26)10-7-11-24-23-18-8-5-6-9-20(18)31(28,29)25-23/h5-6,8-9,12-13,17H,7,10-11H2,1-4H3,(H,24,25). The third-order valence-corrected chi connectivity index (χ3v) is 6.65. The van der Waals surface area contributed by atoms with E-state index in [0.717, 1.165) is 16.7 Å². The van der Waals surface area contributed by atoms with Crippen LogP contribution in [0.15, 0.2) is 46.3 Å². The number of carbonyl (C=O) groups is 2. The normalized spacial score (nSPS) is 16.5. The van der Waals surface area contributed by atoms with Gasteiger partial charge in [0.25, 0.3) is 10.0 Å². The van der Waals surface area contributed by atoms with E-state index in [2.05, 4.69) is 9.71 Å². The SMILES string of the molecule is Cc1cc(C)c(C(=O)C(C)OC(=O)CCCN=C2NS(=O)(=O)c3ccccc32)cc1C. The fourth-order valence-electron chi connectivity index (χ4n) is 3.42. The highest BCUT2D eigenvalue weighted by Crippen LogP contribution is 2.22. The first-order valence-electron chi connectivity index (χ1n) is 10.1. The summed E-state index contributed by atoms with van der Waals surface area (Å²) in [6, 6.07) is 10.4. The minimum Gasteiger partial charge on any atom is -0.454 e. The summed E-state index contributed by atoms with van der Waals surface area (Å²) in [6.07, 6.45) is -0.432. The fraction of sp³-hybridized carbons (Fsp3) is 0.348. The summed E-state index contributed by atoms with van der Waals surface area (Å²) < 4.78 is 31.9. The van der Waals surface area contributed by atoms with E-state index in [9.17, 15) is 18.0 Å². The second kappa shape index (κ2) is 9.01.